The van der Waals surface area contributed by atoms with E-state index < -0.39 is 4.92 Å². The molecule has 0 saturated carbocycles. The third kappa shape index (κ3) is 2.67. The van der Waals surface area contributed by atoms with E-state index in [1.54, 1.807) is 54.3 Å². The van der Waals surface area contributed by atoms with Crippen molar-refractivity contribution in [3.05, 3.63) is 62.3 Å². The molecule has 0 unspecified atom stereocenters. The van der Waals surface area contributed by atoms with Crippen molar-refractivity contribution in [3.8, 4) is 17.2 Å². The van der Waals surface area contributed by atoms with Crippen LogP contribution in [0.4, 0.5) is 5.69 Å². The number of nitro benzene ring substituents is 1. The number of hydrogen-bond acceptors (Lipinski definition) is 4. The van der Waals surface area contributed by atoms with Crippen LogP contribution in [0, 0.1) is 13.7 Å². The van der Waals surface area contributed by atoms with Crippen LogP contribution in [0.2, 0.25) is 0 Å². The predicted molar refractivity (Wildman–Crippen MR) is 90.8 cm³/mol. The molecule has 1 heterocycles. The maximum Gasteiger partial charge on any atom is 0.284 e. The quantitative estimate of drug-likeness (QED) is 0.282. The fraction of sp³-hybridized carbons (Fsp3) is 0.0625. The highest BCUT2D eigenvalue weighted by molar-refractivity contribution is 14.1. The Hall–Kier alpha value is -2.42. The molecule has 116 valence electrons. The van der Waals surface area contributed by atoms with Crippen LogP contribution in [-0.4, -0.2) is 12.0 Å². The van der Waals surface area contributed by atoms with Gasteiger partial charge in [-0.15, -0.1) is 0 Å². The van der Waals surface area contributed by atoms with Crippen LogP contribution in [0.5, 0.6) is 11.5 Å². The minimum atomic E-state index is -0.470. The average molecular weight is 422 g/mol. The summed E-state index contributed by atoms with van der Waals surface area (Å²) < 4.78 is 7.10. The fourth-order valence-corrected chi connectivity index (χ4v) is 2.98. The molecule has 0 saturated heterocycles. The molecule has 0 aliphatic carbocycles. The Balaban J connectivity index is 2.35. The fourth-order valence-electron chi connectivity index (χ4n) is 2.43. The molecule has 0 amide bonds. The molecule has 0 aliphatic rings. The first-order chi connectivity index (χ1) is 11.0. The van der Waals surface area contributed by atoms with Crippen molar-refractivity contribution in [2.45, 2.75) is 0 Å². The second kappa shape index (κ2) is 5.99. The number of ether oxygens (including phenoxy) is 1. The molecule has 1 aromatic heterocycles. The summed E-state index contributed by atoms with van der Waals surface area (Å²) in [5.74, 6) is 0.458. The van der Waals surface area contributed by atoms with Gasteiger partial charge in [0, 0.05) is 27.8 Å². The van der Waals surface area contributed by atoms with E-state index in [0.29, 0.717) is 14.7 Å². The molecule has 23 heavy (non-hydrogen) atoms. The van der Waals surface area contributed by atoms with Gasteiger partial charge in [0.15, 0.2) is 6.20 Å². The SMILES string of the molecule is COc1ccc(-[n+]2cccc3c([N+](=O)[O-])cc(I)c([O-])c32)cc1. The van der Waals surface area contributed by atoms with Crippen LogP contribution in [0.1, 0.15) is 0 Å². The molecule has 2 aromatic carbocycles. The smallest absolute Gasteiger partial charge is 0.284 e. The van der Waals surface area contributed by atoms with Gasteiger partial charge in [-0.3, -0.25) is 10.1 Å². The van der Waals surface area contributed by atoms with Crippen molar-refractivity contribution >= 4 is 39.2 Å². The second-order valence-corrected chi connectivity index (χ2v) is 5.96. The lowest BCUT2D eigenvalue weighted by Gasteiger charge is -2.12. The number of nitro groups is 1. The second-order valence-electron chi connectivity index (χ2n) is 4.80. The molecule has 6 nitrogen and oxygen atoms in total. The molecule has 3 aromatic rings. The number of fused-ring (bicyclic) bond motifs is 1. The van der Waals surface area contributed by atoms with Gasteiger partial charge >= 0.3 is 0 Å². The number of pyridine rings is 1. The van der Waals surface area contributed by atoms with E-state index in [2.05, 4.69) is 0 Å². The van der Waals surface area contributed by atoms with Crippen molar-refractivity contribution < 1.29 is 19.3 Å². The van der Waals surface area contributed by atoms with Crippen LogP contribution in [-0.2, 0) is 0 Å². The van der Waals surface area contributed by atoms with E-state index in [9.17, 15) is 15.2 Å². The molecular weight excluding hydrogens is 411 g/mol. The number of hydrogen-bond donors (Lipinski definition) is 0. The number of aromatic nitrogens is 1. The highest BCUT2D eigenvalue weighted by Gasteiger charge is 2.22. The number of non-ortho nitro benzene ring substituents is 1. The molecule has 0 atom stereocenters. The maximum atomic E-state index is 12.5. The van der Waals surface area contributed by atoms with Crippen molar-refractivity contribution in [1.29, 1.82) is 0 Å². The monoisotopic (exact) mass is 422 g/mol. The van der Waals surface area contributed by atoms with Crippen LogP contribution in [0.3, 0.4) is 0 Å². The van der Waals surface area contributed by atoms with Crippen molar-refractivity contribution in [1.82, 2.24) is 0 Å². The van der Waals surface area contributed by atoms with E-state index in [1.807, 2.05) is 22.6 Å². The maximum absolute atomic E-state index is 12.5. The molecule has 0 fully saturated rings. The van der Waals surface area contributed by atoms with E-state index in [-0.39, 0.29) is 17.0 Å². The van der Waals surface area contributed by atoms with Gasteiger partial charge in [-0.25, -0.2) is 0 Å². The molecule has 0 spiro atoms. The summed E-state index contributed by atoms with van der Waals surface area (Å²) in [6, 6.07) is 11.7. The number of nitrogens with zero attached hydrogens (tertiary/aromatic N) is 2. The molecule has 0 N–H and O–H groups in total. The number of methoxy groups -OCH3 is 1. The lowest BCUT2D eigenvalue weighted by molar-refractivity contribution is -0.570. The third-order valence-electron chi connectivity index (χ3n) is 3.51. The summed E-state index contributed by atoms with van der Waals surface area (Å²) in [7, 11) is 1.57. The molecule has 7 heteroatoms. The summed E-state index contributed by atoms with van der Waals surface area (Å²) >= 11 is 1.83. The number of benzene rings is 2. The van der Waals surface area contributed by atoms with Crippen molar-refractivity contribution in [2.24, 2.45) is 0 Å². The van der Waals surface area contributed by atoms with Crippen molar-refractivity contribution in [2.75, 3.05) is 7.11 Å². The van der Waals surface area contributed by atoms with Gasteiger partial charge in [0.05, 0.1) is 12.0 Å². The zero-order valence-corrected chi connectivity index (χ0v) is 14.2. The van der Waals surface area contributed by atoms with Crippen LogP contribution in [0.15, 0.2) is 48.7 Å². The Morgan fingerprint density at radius 1 is 1.22 bits per heavy atom. The zero-order chi connectivity index (χ0) is 16.6. The standard InChI is InChI=1S/C16H11IN2O4/c1-23-11-6-4-10(5-7-11)18-8-2-3-12-14(19(21)22)9-13(17)16(20)15(12)18/h2-9H,1H3. The van der Waals surface area contributed by atoms with Gasteiger partial charge in [0.2, 0.25) is 11.2 Å². The summed E-state index contributed by atoms with van der Waals surface area (Å²) in [5.41, 5.74) is 0.938. The number of halogens is 1. The first-order valence-electron chi connectivity index (χ1n) is 6.65. The molecular formula is C16H11IN2O4. The summed E-state index contributed by atoms with van der Waals surface area (Å²) in [6.07, 6.45) is 1.71. The zero-order valence-electron chi connectivity index (χ0n) is 12.0. The largest absolute Gasteiger partial charge is 0.867 e. The topological polar surface area (TPSA) is 79.3 Å². The van der Waals surface area contributed by atoms with Crippen LogP contribution >= 0.6 is 22.6 Å². The third-order valence-corrected chi connectivity index (χ3v) is 4.31. The summed E-state index contributed by atoms with van der Waals surface area (Å²) in [4.78, 5) is 10.8. The van der Waals surface area contributed by atoms with E-state index in [4.69, 9.17) is 4.74 Å². The predicted octanol–water partition coefficient (Wildman–Crippen LogP) is 2.71. The Morgan fingerprint density at radius 3 is 2.52 bits per heavy atom. The van der Waals surface area contributed by atoms with E-state index in [1.165, 1.54) is 6.07 Å². The van der Waals surface area contributed by atoms with Gasteiger partial charge in [0.1, 0.15) is 11.1 Å². The Kier molecular flexibility index (Phi) is 4.03. The first-order valence-corrected chi connectivity index (χ1v) is 7.73. The van der Waals surface area contributed by atoms with E-state index >= 15 is 0 Å². The average Bonchev–Trinajstić information content (AvgIpc) is 2.57. The van der Waals surface area contributed by atoms with Crippen LogP contribution in [0.25, 0.3) is 16.6 Å². The van der Waals surface area contributed by atoms with E-state index in [0.717, 1.165) is 5.69 Å². The normalized spacial score (nSPS) is 10.7. The van der Waals surface area contributed by atoms with Gasteiger partial charge in [-0.05, 0) is 46.5 Å². The highest BCUT2D eigenvalue weighted by Crippen LogP contribution is 2.33. The molecule has 3 rings (SSSR count). The lowest BCUT2D eigenvalue weighted by atomic mass is 10.1. The van der Waals surface area contributed by atoms with Crippen molar-refractivity contribution in [3.63, 3.8) is 0 Å². The summed E-state index contributed by atoms with van der Waals surface area (Å²) in [6.45, 7) is 0. The Labute approximate surface area is 145 Å². The molecule has 0 radical (unpaired) electrons. The highest BCUT2D eigenvalue weighted by atomic mass is 127. The number of rotatable bonds is 3. The van der Waals surface area contributed by atoms with Gasteiger partial charge in [-0.2, -0.15) is 4.57 Å². The Bertz CT molecular complexity index is 910. The van der Waals surface area contributed by atoms with Gasteiger partial charge in [-0.1, -0.05) is 0 Å². The minimum absolute atomic E-state index is 0.0770. The van der Waals surface area contributed by atoms with Gasteiger partial charge in [0.25, 0.3) is 5.69 Å². The summed E-state index contributed by atoms with van der Waals surface area (Å²) in [5, 5.41) is 24.1. The molecule has 0 bridgehead atoms. The minimum Gasteiger partial charge on any atom is -0.867 e. The Morgan fingerprint density at radius 2 is 1.91 bits per heavy atom. The lowest BCUT2D eigenvalue weighted by Crippen LogP contribution is -2.32. The molecule has 0 aliphatic heterocycles. The van der Waals surface area contributed by atoms with Gasteiger partial charge < -0.3 is 9.84 Å². The first kappa shape index (κ1) is 15.5. The van der Waals surface area contributed by atoms with Crippen LogP contribution < -0.4 is 14.4 Å².